The van der Waals surface area contributed by atoms with Crippen molar-refractivity contribution in [2.24, 2.45) is 5.92 Å². The molecule has 162 valence electrons. The summed E-state index contributed by atoms with van der Waals surface area (Å²) in [7, 11) is 0. The van der Waals surface area contributed by atoms with Crippen molar-refractivity contribution in [2.75, 3.05) is 24.5 Å². The molecule has 2 aromatic rings. The van der Waals surface area contributed by atoms with Gasteiger partial charge in [-0.05, 0) is 37.0 Å². The lowest BCUT2D eigenvalue weighted by Crippen LogP contribution is -2.39. The number of halogens is 6. The van der Waals surface area contributed by atoms with Gasteiger partial charge in [0.2, 0.25) is 0 Å². The molecule has 1 amide bonds. The number of piperidine rings is 1. The van der Waals surface area contributed by atoms with Crippen molar-refractivity contribution in [3.8, 4) is 0 Å². The number of hydrogen-bond donors (Lipinski definition) is 1. The molecule has 0 saturated carbocycles. The molecule has 1 aliphatic heterocycles. The first-order chi connectivity index (χ1) is 14.0. The quantitative estimate of drug-likeness (QED) is 0.738. The van der Waals surface area contributed by atoms with Crippen LogP contribution < -0.4 is 10.2 Å². The molecule has 1 aliphatic rings. The summed E-state index contributed by atoms with van der Waals surface area (Å²) >= 11 is 0. The van der Waals surface area contributed by atoms with Gasteiger partial charge in [-0.1, -0.05) is 0 Å². The zero-order valence-electron chi connectivity index (χ0n) is 15.6. The molecular weight excluding hydrogens is 414 g/mol. The third-order valence-electron chi connectivity index (χ3n) is 4.89. The van der Waals surface area contributed by atoms with Crippen molar-refractivity contribution in [1.82, 2.24) is 15.3 Å². The molecule has 2 heterocycles. The number of carbonyl (C=O) groups is 1. The Bertz CT molecular complexity index is 845. The van der Waals surface area contributed by atoms with Crippen LogP contribution in [0.15, 0.2) is 36.8 Å². The van der Waals surface area contributed by atoms with E-state index in [2.05, 4.69) is 15.3 Å². The zero-order valence-corrected chi connectivity index (χ0v) is 15.6. The van der Waals surface area contributed by atoms with Gasteiger partial charge in [0.25, 0.3) is 5.91 Å². The van der Waals surface area contributed by atoms with E-state index in [0.717, 1.165) is 5.82 Å². The number of benzene rings is 1. The standard InChI is InChI=1S/C19H18F6N4O/c20-18(21,22)14-7-13(8-15(9-14)19(23,24)25)17(30)28-10-12-1-5-29(6-2-12)16-11-26-3-4-27-16/h3-4,7-9,11-12H,1-2,5-6,10H2,(H,28,30). The second kappa shape index (κ2) is 8.49. The summed E-state index contributed by atoms with van der Waals surface area (Å²) in [6.07, 6.45) is -3.85. The maximum atomic E-state index is 12.9. The lowest BCUT2D eigenvalue weighted by molar-refractivity contribution is -0.143. The van der Waals surface area contributed by atoms with E-state index in [0.29, 0.717) is 38.1 Å². The largest absolute Gasteiger partial charge is 0.416 e. The lowest BCUT2D eigenvalue weighted by atomic mass is 9.96. The number of alkyl halides is 6. The molecule has 1 aromatic heterocycles. The molecule has 0 aliphatic carbocycles. The van der Waals surface area contributed by atoms with Crippen LogP contribution in [-0.2, 0) is 12.4 Å². The Morgan fingerprint density at radius 2 is 1.60 bits per heavy atom. The first-order valence-corrected chi connectivity index (χ1v) is 9.12. The van der Waals surface area contributed by atoms with Crippen LogP contribution in [0.25, 0.3) is 0 Å². The van der Waals surface area contributed by atoms with Gasteiger partial charge in [-0.25, -0.2) is 4.98 Å². The summed E-state index contributed by atoms with van der Waals surface area (Å²) < 4.78 is 77.6. The van der Waals surface area contributed by atoms with Crippen molar-refractivity contribution in [1.29, 1.82) is 0 Å². The van der Waals surface area contributed by atoms with Gasteiger partial charge in [0.05, 0.1) is 17.3 Å². The molecule has 5 nitrogen and oxygen atoms in total. The molecule has 0 unspecified atom stereocenters. The van der Waals surface area contributed by atoms with Gasteiger partial charge < -0.3 is 10.2 Å². The number of amides is 1. The Balaban J connectivity index is 1.62. The maximum Gasteiger partial charge on any atom is 0.416 e. The SMILES string of the molecule is O=C(NCC1CCN(c2cnccn2)CC1)c1cc(C(F)(F)F)cc(C(F)(F)F)c1. The van der Waals surface area contributed by atoms with Gasteiger partial charge >= 0.3 is 12.4 Å². The topological polar surface area (TPSA) is 58.1 Å². The first-order valence-electron chi connectivity index (χ1n) is 9.12. The van der Waals surface area contributed by atoms with E-state index in [1.807, 2.05) is 4.90 Å². The van der Waals surface area contributed by atoms with Gasteiger partial charge in [-0.3, -0.25) is 9.78 Å². The highest BCUT2D eigenvalue weighted by molar-refractivity contribution is 5.94. The number of aromatic nitrogens is 2. The molecule has 0 bridgehead atoms. The molecule has 1 saturated heterocycles. The molecule has 0 spiro atoms. The summed E-state index contributed by atoms with van der Waals surface area (Å²) in [5.74, 6) is -0.193. The molecule has 1 aromatic carbocycles. The van der Waals surface area contributed by atoms with Crippen molar-refractivity contribution in [3.63, 3.8) is 0 Å². The fourth-order valence-electron chi connectivity index (χ4n) is 3.25. The highest BCUT2D eigenvalue weighted by atomic mass is 19.4. The molecule has 0 atom stereocenters. The molecule has 1 fully saturated rings. The predicted molar refractivity (Wildman–Crippen MR) is 95.7 cm³/mol. The summed E-state index contributed by atoms with van der Waals surface area (Å²) in [6.45, 7) is 1.47. The Labute approximate surface area is 168 Å². The zero-order chi connectivity index (χ0) is 21.9. The number of nitrogens with one attached hydrogen (secondary N) is 1. The molecule has 3 rings (SSSR count). The lowest BCUT2D eigenvalue weighted by Gasteiger charge is -2.32. The van der Waals surface area contributed by atoms with Crippen LogP contribution in [0.1, 0.15) is 34.3 Å². The number of rotatable bonds is 4. The Hall–Kier alpha value is -2.85. The Kier molecular flexibility index (Phi) is 6.18. The smallest absolute Gasteiger partial charge is 0.355 e. The van der Waals surface area contributed by atoms with Crippen LogP contribution in [0.3, 0.4) is 0 Å². The van der Waals surface area contributed by atoms with E-state index >= 15 is 0 Å². The van der Waals surface area contributed by atoms with E-state index in [1.54, 1.807) is 18.6 Å². The highest BCUT2D eigenvalue weighted by Gasteiger charge is 2.37. The normalized spacial score (nSPS) is 15.9. The van der Waals surface area contributed by atoms with Crippen molar-refractivity contribution >= 4 is 11.7 Å². The van der Waals surface area contributed by atoms with Crippen LogP contribution >= 0.6 is 0 Å². The van der Waals surface area contributed by atoms with Crippen LogP contribution in [-0.4, -0.2) is 35.5 Å². The van der Waals surface area contributed by atoms with Gasteiger partial charge in [0, 0.05) is 37.6 Å². The number of hydrogen-bond acceptors (Lipinski definition) is 4. The number of nitrogens with zero attached hydrogens (tertiary/aromatic N) is 3. The van der Waals surface area contributed by atoms with E-state index in [4.69, 9.17) is 0 Å². The summed E-state index contributed by atoms with van der Waals surface area (Å²) in [4.78, 5) is 22.5. The minimum Gasteiger partial charge on any atom is -0.355 e. The fourth-order valence-corrected chi connectivity index (χ4v) is 3.25. The van der Waals surface area contributed by atoms with Crippen LogP contribution in [0.5, 0.6) is 0 Å². The van der Waals surface area contributed by atoms with E-state index in [9.17, 15) is 31.1 Å². The Morgan fingerprint density at radius 1 is 1.00 bits per heavy atom. The molecule has 0 radical (unpaired) electrons. The van der Waals surface area contributed by atoms with Crippen LogP contribution in [0.4, 0.5) is 32.2 Å². The maximum absolute atomic E-state index is 12.9. The minimum atomic E-state index is -5.00. The van der Waals surface area contributed by atoms with Crippen LogP contribution in [0, 0.1) is 5.92 Å². The molecule has 30 heavy (non-hydrogen) atoms. The van der Waals surface area contributed by atoms with Gasteiger partial charge in [0.15, 0.2) is 0 Å². The predicted octanol–water partition coefficient (Wildman–Crippen LogP) is 4.16. The van der Waals surface area contributed by atoms with E-state index < -0.39 is 35.0 Å². The molecular formula is C19H18F6N4O. The second-order valence-corrected chi connectivity index (χ2v) is 7.00. The monoisotopic (exact) mass is 432 g/mol. The first kappa shape index (κ1) is 21.8. The molecule has 11 heteroatoms. The summed E-state index contributed by atoms with van der Waals surface area (Å²) in [6, 6.07) is 0.863. The fraction of sp³-hybridized carbons (Fsp3) is 0.421. The van der Waals surface area contributed by atoms with Crippen LogP contribution in [0.2, 0.25) is 0 Å². The molecule has 1 N–H and O–H groups in total. The van der Waals surface area contributed by atoms with Gasteiger partial charge in [0.1, 0.15) is 5.82 Å². The van der Waals surface area contributed by atoms with Crippen molar-refractivity contribution < 1.29 is 31.1 Å². The summed E-state index contributed by atoms with van der Waals surface area (Å²) in [5, 5.41) is 2.46. The number of anilines is 1. The van der Waals surface area contributed by atoms with E-state index in [1.165, 1.54) is 0 Å². The Morgan fingerprint density at radius 3 is 2.10 bits per heavy atom. The van der Waals surface area contributed by atoms with Gasteiger partial charge in [-0.2, -0.15) is 26.3 Å². The third kappa shape index (κ3) is 5.39. The van der Waals surface area contributed by atoms with Gasteiger partial charge in [-0.15, -0.1) is 0 Å². The highest BCUT2D eigenvalue weighted by Crippen LogP contribution is 2.36. The third-order valence-corrected chi connectivity index (χ3v) is 4.89. The second-order valence-electron chi connectivity index (χ2n) is 7.00. The average molecular weight is 432 g/mol. The summed E-state index contributed by atoms with van der Waals surface area (Å²) in [5.41, 5.74) is -3.70. The van der Waals surface area contributed by atoms with Crippen molar-refractivity contribution in [3.05, 3.63) is 53.5 Å². The minimum absolute atomic E-state index is 0.00102. The number of carbonyl (C=O) groups excluding carboxylic acids is 1. The van der Waals surface area contributed by atoms with Crippen molar-refractivity contribution in [2.45, 2.75) is 25.2 Å². The van der Waals surface area contributed by atoms with E-state index in [-0.39, 0.29) is 18.5 Å². The average Bonchev–Trinajstić information content (AvgIpc) is 2.71.